The number of benzene rings is 2. The second kappa shape index (κ2) is 11.3. The summed E-state index contributed by atoms with van der Waals surface area (Å²) in [5.74, 6) is -0.496. The number of nitrogens with one attached hydrogen (secondary N) is 1. The summed E-state index contributed by atoms with van der Waals surface area (Å²) in [5.41, 5.74) is 1.57. The topological polar surface area (TPSA) is 90.9 Å². The van der Waals surface area contributed by atoms with Gasteiger partial charge >= 0.3 is 11.9 Å². The molecule has 1 saturated heterocycles. The average Bonchev–Trinajstić information content (AvgIpc) is 3.74. The van der Waals surface area contributed by atoms with Gasteiger partial charge in [0.15, 0.2) is 12.1 Å². The van der Waals surface area contributed by atoms with Gasteiger partial charge in [0.05, 0.1) is 38.6 Å². The molecule has 0 atom stereocenters. The number of esters is 2. The summed E-state index contributed by atoms with van der Waals surface area (Å²) >= 11 is 0. The van der Waals surface area contributed by atoms with Crippen LogP contribution in [0.1, 0.15) is 60.0 Å². The van der Waals surface area contributed by atoms with Crippen molar-refractivity contribution in [1.29, 1.82) is 0 Å². The fraction of sp³-hybridized carbons (Fsp3) is 0.483. The van der Waals surface area contributed by atoms with E-state index in [1.54, 1.807) is 12.1 Å². The lowest BCUT2D eigenvalue weighted by atomic mass is 10.0. The van der Waals surface area contributed by atoms with Crippen molar-refractivity contribution in [1.82, 2.24) is 0 Å². The van der Waals surface area contributed by atoms with Crippen LogP contribution in [0.5, 0.6) is 5.75 Å². The van der Waals surface area contributed by atoms with Crippen molar-refractivity contribution < 1.29 is 33.1 Å². The molecule has 2 fully saturated rings. The number of anilines is 1. The van der Waals surface area contributed by atoms with E-state index in [0.29, 0.717) is 34.3 Å². The van der Waals surface area contributed by atoms with Gasteiger partial charge in [0.2, 0.25) is 0 Å². The number of aryl methyl sites for hydroxylation is 1. The van der Waals surface area contributed by atoms with Crippen molar-refractivity contribution in [3.63, 3.8) is 0 Å². The minimum Gasteiger partial charge on any atom is -0.497 e. The Morgan fingerprint density at radius 1 is 0.973 bits per heavy atom. The number of carbonyl (C=O) groups excluding carboxylic acids is 3. The Balaban J connectivity index is 1.59. The Morgan fingerprint density at radius 3 is 2.24 bits per heavy atom. The van der Waals surface area contributed by atoms with Crippen LogP contribution in [0.15, 0.2) is 42.5 Å². The molecule has 1 saturated carbocycles. The Bertz CT molecular complexity index is 1130. The molecule has 1 aliphatic carbocycles. The molecule has 8 heteroatoms. The second-order valence-corrected chi connectivity index (χ2v) is 10.2. The number of hydrogen-bond acceptors (Lipinski definition) is 6. The third-order valence-corrected chi connectivity index (χ3v) is 7.84. The van der Waals surface area contributed by atoms with Crippen LogP contribution < -0.4 is 10.1 Å². The van der Waals surface area contributed by atoms with Gasteiger partial charge in [-0.05, 0) is 55.9 Å². The van der Waals surface area contributed by atoms with Crippen molar-refractivity contribution in [3.05, 3.63) is 59.2 Å². The van der Waals surface area contributed by atoms with Gasteiger partial charge in [0.25, 0.3) is 5.91 Å². The highest BCUT2D eigenvalue weighted by atomic mass is 16.5. The van der Waals surface area contributed by atoms with Crippen molar-refractivity contribution in [2.75, 3.05) is 39.2 Å². The maximum Gasteiger partial charge on any atom is 0.362 e. The highest BCUT2D eigenvalue weighted by molar-refractivity contribution is 6.06. The lowest BCUT2D eigenvalue weighted by Crippen LogP contribution is -2.64. The number of ether oxygens (including phenoxy) is 3. The van der Waals surface area contributed by atoms with E-state index in [1.165, 1.54) is 14.2 Å². The number of nitrogens with zero attached hydrogens (tertiary/aromatic N) is 1. The number of hydrogen-bond donors (Lipinski definition) is 1. The quantitative estimate of drug-likeness (QED) is 0.398. The van der Waals surface area contributed by atoms with E-state index in [9.17, 15) is 14.4 Å². The molecule has 1 amide bonds. The van der Waals surface area contributed by atoms with E-state index >= 15 is 0 Å². The van der Waals surface area contributed by atoms with Gasteiger partial charge in [-0.1, -0.05) is 30.3 Å². The second-order valence-electron chi connectivity index (χ2n) is 10.2. The van der Waals surface area contributed by atoms with E-state index in [2.05, 4.69) is 5.32 Å². The third kappa shape index (κ3) is 5.64. The Hall–Kier alpha value is -3.39. The average molecular weight is 510 g/mol. The molecule has 198 valence electrons. The SMILES string of the molecule is COC(=O)c1cc(OC)cc(C)c1NC(=O)C1([N+]2(CC(=O)OCc3ccccc3)CCCCCC2)CC1. The highest BCUT2D eigenvalue weighted by Crippen LogP contribution is 2.49. The van der Waals surface area contributed by atoms with Gasteiger partial charge in [0, 0.05) is 12.8 Å². The molecule has 37 heavy (non-hydrogen) atoms. The fourth-order valence-corrected chi connectivity index (χ4v) is 5.64. The molecular formula is C29H37N2O6+. The minimum absolute atomic E-state index is 0.158. The molecule has 2 aromatic carbocycles. The van der Waals surface area contributed by atoms with Crippen molar-refractivity contribution in [2.24, 2.45) is 0 Å². The van der Waals surface area contributed by atoms with Crippen LogP contribution in [0.3, 0.4) is 0 Å². The van der Waals surface area contributed by atoms with Gasteiger partial charge in [-0.15, -0.1) is 0 Å². The molecule has 4 rings (SSSR count). The molecule has 0 aromatic heterocycles. The number of rotatable bonds is 9. The molecule has 1 aliphatic heterocycles. The van der Waals surface area contributed by atoms with Gasteiger partial charge in [-0.25, -0.2) is 9.59 Å². The number of carbonyl (C=O) groups is 3. The van der Waals surface area contributed by atoms with Crippen LogP contribution in [0.4, 0.5) is 5.69 Å². The summed E-state index contributed by atoms with van der Waals surface area (Å²) in [6, 6.07) is 13.0. The number of methoxy groups -OCH3 is 2. The largest absolute Gasteiger partial charge is 0.497 e. The van der Waals surface area contributed by atoms with Crippen LogP contribution in [0, 0.1) is 6.92 Å². The number of amides is 1. The highest BCUT2D eigenvalue weighted by Gasteiger charge is 2.66. The predicted molar refractivity (Wildman–Crippen MR) is 139 cm³/mol. The standard InChI is InChI=1S/C29H36N2O6/c1-21-17-23(35-2)18-24(27(33)36-3)26(21)30-28(34)29(13-14-29)31(15-9-4-5-10-16-31)19-25(32)37-20-22-11-7-6-8-12-22/h6-8,11-12,17-18H,4-5,9-10,13-16,19-20H2,1-3H3/p+1. The monoisotopic (exact) mass is 509 g/mol. The number of quaternary nitrogens is 1. The van der Waals surface area contributed by atoms with Crippen LogP contribution in [0.2, 0.25) is 0 Å². The molecule has 2 aromatic rings. The van der Waals surface area contributed by atoms with Crippen LogP contribution in [-0.2, 0) is 25.7 Å². The zero-order valence-electron chi connectivity index (χ0n) is 22.0. The Labute approximate surface area is 218 Å². The van der Waals surface area contributed by atoms with E-state index in [4.69, 9.17) is 14.2 Å². The maximum absolute atomic E-state index is 14.0. The molecule has 2 aliphatic rings. The third-order valence-electron chi connectivity index (χ3n) is 7.84. The molecule has 1 heterocycles. The van der Waals surface area contributed by atoms with Gasteiger partial charge in [-0.2, -0.15) is 0 Å². The lowest BCUT2D eigenvalue weighted by molar-refractivity contribution is -0.945. The minimum atomic E-state index is -0.726. The predicted octanol–water partition coefficient (Wildman–Crippen LogP) is 4.40. The van der Waals surface area contributed by atoms with E-state index in [0.717, 1.165) is 44.3 Å². The summed E-state index contributed by atoms with van der Waals surface area (Å²) in [6.07, 6.45) is 5.45. The maximum atomic E-state index is 14.0. The van der Waals surface area contributed by atoms with Crippen molar-refractivity contribution in [2.45, 2.75) is 57.6 Å². The fourth-order valence-electron chi connectivity index (χ4n) is 5.64. The normalized spacial score (nSPS) is 17.7. The Morgan fingerprint density at radius 2 is 1.65 bits per heavy atom. The summed E-state index contributed by atoms with van der Waals surface area (Å²) in [6.45, 7) is 3.69. The van der Waals surface area contributed by atoms with Gasteiger partial charge in [0.1, 0.15) is 12.4 Å². The van der Waals surface area contributed by atoms with E-state index in [1.807, 2.05) is 37.3 Å². The molecule has 0 bridgehead atoms. The van der Waals surface area contributed by atoms with Crippen LogP contribution in [0.25, 0.3) is 0 Å². The Kier molecular flexibility index (Phi) is 8.17. The zero-order valence-corrected chi connectivity index (χ0v) is 22.0. The summed E-state index contributed by atoms with van der Waals surface area (Å²) in [7, 11) is 2.83. The first-order chi connectivity index (χ1) is 17.8. The summed E-state index contributed by atoms with van der Waals surface area (Å²) < 4.78 is 16.4. The van der Waals surface area contributed by atoms with E-state index in [-0.39, 0.29) is 30.6 Å². The summed E-state index contributed by atoms with van der Waals surface area (Å²) in [5, 5.41) is 3.06. The van der Waals surface area contributed by atoms with Gasteiger partial charge < -0.3 is 24.0 Å². The first-order valence-corrected chi connectivity index (χ1v) is 13.0. The molecule has 8 nitrogen and oxygen atoms in total. The van der Waals surface area contributed by atoms with Crippen molar-refractivity contribution in [3.8, 4) is 5.75 Å². The van der Waals surface area contributed by atoms with Crippen LogP contribution >= 0.6 is 0 Å². The van der Waals surface area contributed by atoms with Crippen molar-refractivity contribution >= 4 is 23.5 Å². The van der Waals surface area contributed by atoms with Crippen LogP contribution in [-0.4, -0.2) is 61.7 Å². The summed E-state index contributed by atoms with van der Waals surface area (Å²) in [4.78, 5) is 39.7. The number of likely N-dealkylation sites (tertiary alicyclic amines) is 1. The smallest absolute Gasteiger partial charge is 0.362 e. The first-order valence-electron chi connectivity index (χ1n) is 13.0. The molecule has 0 unspecified atom stereocenters. The molecule has 0 spiro atoms. The molecule has 1 N–H and O–H groups in total. The van der Waals surface area contributed by atoms with Gasteiger partial charge in [-0.3, -0.25) is 4.79 Å². The van der Waals surface area contributed by atoms with E-state index < -0.39 is 11.5 Å². The zero-order chi connectivity index (χ0) is 26.5. The molecular weight excluding hydrogens is 472 g/mol. The molecule has 0 radical (unpaired) electrons. The first kappa shape index (κ1) is 26.7. The lowest BCUT2D eigenvalue weighted by Gasteiger charge is -2.43.